The number of imidazole rings is 1. The third kappa shape index (κ3) is 4.94. The smallest absolute Gasteiger partial charge is 0.251 e. The fourth-order valence-corrected chi connectivity index (χ4v) is 3.25. The molecule has 1 N–H and O–H groups in total. The number of amides is 1. The van der Waals surface area contributed by atoms with Gasteiger partial charge in [-0.15, -0.1) is 0 Å². The number of aromatic nitrogens is 2. The second kappa shape index (κ2) is 9.31. The number of nitrogens with one attached hydrogen (secondary N) is 1. The summed E-state index contributed by atoms with van der Waals surface area (Å²) in [6, 6.07) is 13.6. The molecular weight excluding hydrogens is 341 g/mol. The number of para-hydroxylation sites is 2. The zero-order valence-electron chi connectivity index (χ0n) is 15.7. The van der Waals surface area contributed by atoms with Gasteiger partial charge in [-0.1, -0.05) is 44.7 Å². The molecule has 3 aromatic rings. The summed E-state index contributed by atoms with van der Waals surface area (Å²) >= 11 is 0. The van der Waals surface area contributed by atoms with E-state index in [-0.39, 0.29) is 11.7 Å². The van der Waals surface area contributed by atoms with Crippen LogP contribution in [-0.4, -0.2) is 15.5 Å². The minimum absolute atomic E-state index is 0.225. The number of fused-ring (bicyclic) bond motifs is 1. The molecule has 0 spiro atoms. The maximum Gasteiger partial charge on any atom is 0.251 e. The van der Waals surface area contributed by atoms with Crippen molar-refractivity contribution in [3.05, 3.63) is 65.7 Å². The molecular formula is C22H26FN3O. The molecule has 0 saturated heterocycles. The Hall–Kier alpha value is -2.69. The van der Waals surface area contributed by atoms with Crippen molar-refractivity contribution >= 4 is 16.9 Å². The van der Waals surface area contributed by atoms with Crippen LogP contribution in [0, 0.1) is 5.82 Å². The van der Waals surface area contributed by atoms with Gasteiger partial charge in [-0.05, 0) is 42.8 Å². The zero-order valence-corrected chi connectivity index (χ0v) is 15.7. The summed E-state index contributed by atoms with van der Waals surface area (Å²) in [7, 11) is 0. The van der Waals surface area contributed by atoms with Crippen molar-refractivity contribution in [3.63, 3.8) is 0 Å². The summed E-state index contributed by atoms with van der Waals surface area (Å²) in [6.07, 6.45) is 6.04. The SMILES string of the molecule is CCCCCCCn1c(CNC(=O)c2ccc(F)cc2)nc2ccccc21. The number of benzene rings is 2. The summed E-state index contributed by atoms with van der Waals surface area (Å²) in [5.41, 5.74) is 2.48. The second-order valence-electron chi connectivity index (χ2n) is 6.77. The maximum absolute atomic E-state index is 13.0. The highest BCUT2D eigenvalue weighted by Crippen LogP contribution is 2.18. The molecule has 1 amide bonds. The predicted octanol–water partition coefficient (Wildman–Crippen LogP) is 5.08. The molecule has 3 rings (SSSR count). The van der Waals surface area contributed by atoms with E-state index in [0.717, 1.165) is 29.8 Å². The lowest BCUT2D eigenvalue weighted by molar-refractivity contribution is 0.0949. The molecule has 0 radical (unpaired) electrons. The number of aryl methyl sites for hydroxylation is 1. The van der Waals surface area contributed by atoms with Crippen LogP contribution in [0.3, 0.4) is 0 Å². The molecule has 1 aromatic heterocycles. The molecule has 0 bridgehead atoms. The average molecular weight is 367 g/mol. The third-order valence-corrected chi connectivity index (χ3v) is 4.73. The van der Waals surface area contributed by atoms with Crippen LogP contribution < -0.4 is 5.32 Å². The lowest BCUT2D eigenvalue weighted by atomic mass is 10.1. The third-order valence-electron chi connectivity index (χ3n) is 4.73. The van der Waals surface area contributed by atoms with Crippen LogP contribution in [0.1, 0.15) is 55.2 Å². The Morgan fingerprint density at radius 2 is 1.78 bits per heavy atom. The maximum atomic E-state index is 13.0. The van der Waals surface area contributed by atoms with E-state index >= 15 is 0 Å². The van der Waals surface area contributed by atoms with Crippen LogP contribution >= 0.6 is 0 Å². The summed E-state index contributed by atoms with van der Waals surface area (Å²) in [6.45, 7) is 3.46. The summed E-state index contributed by atoms with van der Waals surface area (Å²) in [5, 5.41) is 2.90. The first-order valence-corrected chi connectivity index (χ1v) is 9.67. The minimum Gasteiger partial charge on any atom is -0.345 e. The number of rotatable bonds is 9. The normalized spacial score (nSPS) is 11.0. The standard InChI is InChI=1S/C22H26FN3O/c1-2-3-4-5-8-15-26-20-10-7-6-9-19(20)25-21(26)16-24-22(27)17-11-13-18(23)14-12-17/h6-7,9-14H,2-5,8,15-16H2,1H3,(H,24,27). The molecule has 4 nitrogen and oxygen atoms in total. The number of carbonyl (C=O) groups is 1. The summed E-state index contributed by atoms with van der Waals surface area (Å²) < 4.78 is 15.2. The second-order valence-corrected chi connectivity index (χ2v) is 6.77. The van der Waals surface area contributed by atoms with E-state index in [9.17, 15) is 9.18 Å². The van der Waals surface area contributed by atoms with Crippen molar-refractivity contribution in [1.29, 1.82) is 0 Å². The molecule has 0 fully saturated rings. The van der Waals surface area contributed by atoms with Crippen molar-refractivity contribution in [2.24, 2.45) is 0 Å². The van der Waals surface area contributed by atoms with Crippen molar-refractivity contribution < 1.29 is 9.18 Å². The van der Waals surface area contributed by atoms with Crippen molar-refractivity contribution in [1.82, 2.24) is 14.9 Å². The molecule has 0 unspecified atom stereocenters. The molecule has 0 atom stereocenters. The molecule has 0 aliphatic carbocycles. The monoisotopic (exact) mass is 367 g/mol. The molecule has 142 valence electrons. The first-order valence-electron chi connectivity index (χ1n) is 9.67. The minimum atomic E-state index is -0.351. The molecule has 5 heteroatoms. The fourth-order valence-electron chi connectivity index (χ4n) is 3.25. The summed E-state index contributed by atoms with van der Waals surface area (Å²) in [4.78, 5) is 17.0. The summed E-state index contributed by atoms with van der Waals surface area (Å²) in [5.74, 6) is 0.273. The number of halogens is 1. The molecule has 0 saturated carbocycles. The number of nitrogens with zero attached hydrogens (tertiary/aromatic N) is 2. The van der Waals surface area contributed by atoms with E-state index in [0.29, 0.717) is 12.1 Å². The van der Waals surface area contributed by atoms with Gasteiger partial charge in [0.15, 0.2) is 0 Å². The van der Waals surface area contributed by atoms with Gasteiger partial charge in [-0.25, -0.2) is 9.37 Å². The average Bonchev–Trinajstić information content (AvgIpc) is 3.04. The van der Waals surface area contributed by atoms with Crippen LogP contribution in [0.15, 0.2) is 48.5 Å². The quantitative estimate of drug-likeness (QED) is 0.536. The van der Waals surface area contributed by atoms with Crippen LogP contribution in [0.25, 0.3) is 11.0 Å². The van der Waals surface area contributed by atoms with Gasteiger partial charge >= 0.3 is 0 Å². The molecule has 0 aliphatic heterocycles. The molecule has 1 heterocycles. The molecule has 27 heavy (non-hydrogen) atoms. The van der Waals surface area contributed by atoms with Gasteiger partial charge in [-0.3, -0.25) is 4.79 Å². The van der Waals surface area contributed by atoms with Gasteiger partial charge in [0.2, 0.25) is 0 Å². The Bertz CT molecular complexity index is 886. The zero-order chi connectivity index (χ0) is 19.1. The van der Waals surface area contributed by atoms with Crippen molar-refractivity contribution in [2.45, 2.75) is 52.1 Å². The van der Waals surface area contributed by atoms with E-state index in [1.54, 1.807) is 0 Å². The largest absolute Gasteiger partial charge is 0.345 e. The van der Waals surface area contributed by atoms with E-state index < -0.39 is 0 Å². The Morgan fingerprint density at radius 3 is 2.56 bits per heavy atom. The lowest BCUT2D eigenvalue weighted by Crippen LogP contribution is -2.24. The van der Waals surface area contributed by atoms with Crippen LogP contribution in [0.5, 0.6) is 0 Å². The fraction of sp³-hybridized carbons (Fsp3) is 0.364. The Kier molecular flexibility index (Phi) is 6.58. The van der Waals surface area contributed by atoms with E-state index in [2.05, 4.69) is 22.9 Å². The van der Waals surface area contributed by atoms with Crippen LogP contribution in [0.2, 0.25) is 0 Å². The van der Waals surface area contributed by atoms with Gasteiger partial charge < -0.3 is 9.88 Å². The van der Waals surface area contributed by atoms with E-state index in [4.69, 9.17) is 4.98 Å². The highest BCUT2D eigenvalue weighted by Gasteiger charge is 2.12. The van der Waals surface area contributed by atoms with Gasteiger partial charge in [-0.2, -0.15) is 0 Å². The highest BCUT2D eigenvalue weighted by atomic mass is 19.1. The number of hydrogen-bond acceptors (Lipinski definition) is 2. The lowest BCUT2D eigenvalue weighted by Gasteiger charge is -2.10. The van der Waals surface area contributed by atoms with Gasteiger partial charge in [0.05, 0.1) is 17.6 Å². The van der Waals surface area contributed by atoms with Crippen LogP contribution in [0.4, 0.5) is 4.39 Å². The van der Waals surface area contributed by atoms with Crippen molar-refractivity contribution in [3.8, 4) is 0 Å². The number of hydrogen-bond donors (Lipinski definition) is 1. The van der Waals surface area contributed by atoms with Gasteiger partial charge in [0, 0.05) is 12.1 Å². The number of carbonyl (C=O) groups excluding carboxylic acids is 1. The Labute approximate surface area is 159 Å². The number of unbranched alkanes of at least 4 members (excludes halogenated alkanes) is 4. The predicted molar refractivity (Wildman–Crippen MR) is 106 cm³/mol. The highest BCUT2D eigenvalue weighted by molar-refractivity contribution is 5.94. The van der Waals surface area contributed by atoms with Crippen molar-refractivity contribution in [2.75, 3.05) is 0 Å². The Balaban J connectivity index is 1.70. The Morgan fingerprint density at radius 1 is 1.04 bits per heavy atom. The first-order chi connectivity index (χ1) is 13.2. The van der Waals surface area contributed by atoms with Gasteiger partial charge in [0.25, 0.3) is 5.91 Å². The first kappa shape index (κ1) is 19.1. The van der Waals surface area contributed by atoms with Gasteiger partial charge in [0.1, 0.15) is 11.6 Å². The molecule has 2 aromatic carbocycles. The van der Waals surface area contributed by atoms with E-state index in [1.807, 2.05) is 18.2 Å². The topological polar surface area (TPSA) is 46.9 Å². The molecule has 0 aliphatic rings. The van der Waals surface area contributed by atoms with Crippen LogP contribution in [-0.2, 0) is 13.1 Å². The van der Waals surface area contributed by atoms with E-state index in [1.165, 1.54) is 49.9 Å².